The van der Waals surface area contributed by atoms with E-state index in [2.05, 4.69) is 67.6 Å². The summed E-state index contributed by atoms with van der Waals surface area (Å²) in [6.07, 6.45) is 11.2. The lowest BCUT2D eigenvalue weighted by Gasteiger charge is -2.13. The molecule has 1 atom stereocenters. The minimum Gasteiger partial charge on any atom is -0.141 e. The maximum atomic E-state index is 2.35. The Labute approximate surface area is 117 Å². The van der Waals surface area contributed by atoms with Crippen molar-refractivity contribution >= 4 is 17.4 Å². The molecule has 0 radical (unpaired) electrons. The van der Waals surface area contributed by atoms with Crippen molar-refractivity contribution in [1.82, 2.24) is 0 Å². The summed E-state index contributed by atoms with van der Waals surface area (Å²) >= 11 is 1.87. The third-order valence-electron chi connectivity index (χ3n) is 3.85. The van der Waals surface area contributed by atoms with Crippen LogP contribution in [0.3, 0.4) is 0 Å². The van der Waals surface area contributed by atoms with Crippen molar-refractivity contribution in [3.8, 4) is 10.4 Å². The van der Waals surface area contributed by atoms with Gasteiger partial charge in [0.2, 0.25) is 0 Å². The topological polar surface area (TPSA) is 0 Å². The second-order valence-electron chi connectivity index (χ2n) is 5.08. The van der Waals surface area contributed by atoms with Crippen LogP contribution in [0.25, 0.3) is 16.5 Å². The summed E-state index contributed by atoms with van der Waals surface area (Å²) in [5, 5.41) is 0. The number of thiophene rings is 1. The van der Waals surface area contributed by atoms with Crippen molar-refractivity contribution in [2.75, 3.05) is 0 Å². The highest BCUT2D eigenvalue weighted by molar-refractivity contribution is 7.15. The standard InChI is InChI=1S/C18H14S/c1-12-9-10-18(19-12)16-8-4-7-15-14-6-3-2-5-13(14)11-17(15)16/h2-11,14H,1H3. The Morgan fingerprint density at radius 2 is 2.00 bits per heavy atom. The number of aryl methyl sites for hydroxylation is 1. The van der Waals surface area contributed by atoms with Crippen molar-refractivity contribution in [2.24, 2.45) is 0 Å². The van der Waals surface area contributed by atoms with Crippen LogP contribution >= 0.6 is 11.3 Å². The summed E-state index contributed by atoms with van der Waals surface area (Å²) < 4.78 is 0. The van der Waals surface area contributed by atoms with Crippen LogP contribution in [0.15, 0.2) is 60.2 Å². The summed E-state index contributed by atoms with van der Waals surface area (Å²) in [7, 11) is 0. The lowest BCUT2D eigenvalue weighted by atomic mass is 9.91. The Bertz CT molecular complexity index is 741. The highest BCUT2D eigenvalue weighted by Gasteiger charge is 2.24. The average molecular weight is 262 g/mol. The largest absolute Gasteiger partial charge is 0.141 e. The van der Waals surface area contributed by atoms with Gasteiger partial charge in [-0.25, -0.2) is 0 Å². The van der Waals surface area contributed by atoms with Gasteiger partial charge in [-0.2, -0.15) is 0 Å². The molecule has 1 aromatic carbocycles. The van der Waals surface area contributed by atoms with E-state index in [0.29, 0.717) is 5.92 Å². The summed E-state index contributed by atoms with van der Waals surface area (Å²) in [5.74, 6) is 0.459. The van der Waals surface area contributed by atoms with Crippen molar-refractivity contribution in [1.29, 1.82) is 0 Å². The van der Waals surface area contributed by atoms with Crippen molar-refractivity contribution < 1.29 is 0 Å². The van der Waals surface area contributed by atoms with Gasteiger partial charge in [-0.1, -0.05) is 42.5 Å². The molecule has 0 amide bonds. The van der Waals surface area contributed by atoms with Gasteiger partial charge in [0.15, 0.2) is 0 Å². The first-order valence-electron chi connectivity index (χ1n) is 6.59. The lowest BCUT2D eigenvalue weighted by molar-refractivity contribution is 1.05. The van der Waals surface area contributed by atoms with Gasteiger partial charge in [0.25, 0.3) is 0 Å². The van der Waals surface area contributed by atoms with E-state index in [-0.39, 0.29) is 0 Å². The van der Waals surface area contributed by atoms with Crippen LogP contribution in [0.5, 0.6) is 0 Å². The van der Waals surface area contributed by atoms with Crippen molar-refractivity contribution in [3.63, 3.8) is 0 Å². The van der Waals surface area contributed by atoms with Gasteiger partial charge < -0.3 is 0 Å². The van der Waals surface area contributed by atoms with E-state index in [1.807, 2.05) is 11.3 Å². The Hall–Kier alpha value is -1.86. The van der Waals surface area contributed by atoms with E-state index in [4.69, 9.17) is 0 Å². The Balaban J connectivity index is 1.93. The van der Waals surface area contributed by atoms with Gasteiger partial charge >= 0.3 is 0 Å². The van der Waals surface area contributed by atoms with Gasteiger partial charge in [-0.15, -0.1) is 11.3 Å². The van der Waals surface area contributed by atoms with Crippen LogP contribution < -0.4 is 0 Å². The molecule has 0 saturated heterocycles. The fourth-order valence-corrected chi connectivity index (χ4v) is 3.86. The third-order valence-corrected chi connectivity index (χ3v) is 4.89. The number of benzene rings is 1. The fraction of sp³-hybridized carbons (Fsp3) is 0.111. The molecule has 2 aliphatic carbocycles. The molecule has 0 bridgehead atoms. The van der Waals surface area contributed by atoms with Crippen LogP contribution in [-0.2, 0) is 0 Å². The van der Waals surface area contributed by atoms with Crippen molar-refractivity contribution in [3.05, 3.63) is 76.2 Å². The second-order valence-corrected chi connectivity index (χ2v) is 6.37. The molecule has 1 heterocycles. The zero-order valence-corrected chi connectivity index (χ0v) is 11.6. The molecular formula is C18H14S. The van der Waals surface area contributed by atoms with Crippen LogP contribution in [0.4, 0.5) is 0 Å². The van der Waals surface area contributed by atoms with E-state index in [1.165, 1.54) is 32.0 Å². The zero-order valence-electron chi connectivity index (χ0n) is 10.8. The highest BCUT2D eigenvalue weighted by atomic mass is 32.1. The molecule has 1 heteroatoms. The van der Waals surface area contributed by atoms with Crippen LogP contribution in [-0.4, -0.2) is 0 Å². The smallest absolute Gasteiger partial charge is 0.0351 e. The molecule has 2 aromatic rings. The van der Waals surface area contributed by atoms with Gasteiger partial charge in [0.1, 0.15) is 0 Å². The molecule has 0 fully saturated rings. The predicted molar refractivity (Wildman–Crippen MR) is 83.5 cm³/mol. The first-order chi connectivity index (χ1) is 9.33. The second kappa shape index (κ2) is 4.07. The number of hydrogen-bond acceptors (Lipinski definition) is 1. The Kier molecular flexibility index (Phi) is 2.36. The lowest BCUT2D eigenvalue weighted by Crippen LogP contribution is -1.96. The molecule has 1 unspecified atom stereocenters. The summed E-state index contributed by atoms with van der Waals surface area (Å²) in [5.41, 5.74) is 5.64. The molecule has 0 aliphatic heterocycles. The summed E-state index contributed by atoms with van der Waals surface area (Å²) in [6, 6.07) is 11.1. The van der Waals surface area contributed by atoms with Crippen LogP contribution in [0.2, 0.25) is 0 Å². The molecule has 1 aromatic heterocycles. The SMILES string of the molecule is Cc1ccc(-c2cccc3c2C=C2C=CC=CC23)s1. The number of fused-ring (bicyclic) bond motifs is 3. The quantitative estimate of drug-likeness (QED) is 0.651. The Morgan fingerprint density at radius 3 is 2.84 bits per heavy atom. The molecular weight excluding hydrogens is 248 g/mol. The minimum atomic E-state index is 0.459. The normalized spacial score (nSPS) is 19.2. The number of rotatable bonds is 1. The number of allylic oxidation sites excluding steroid dienone is 5. The fourth-order valence-electron chi connectivity index (χ4n) is 2.95. The molecule has 19 heavy (non-hydrogen) atoms. The van der Waals surface area contributed by atoms with E-state index < -0.39 is 0 Å². The minimum absolute atomic E-state index is 0.459. The van der Waals surface area contributed by atoms with E-state index in [9.17, 15) is 0 Å². The molecule has 0 nitrogen and oxygen atoms in total. The third kappa shape index (κ3) is 1.66. The predicted octanol–water partition coefficient (Wildman–Crippen LogP) is 5.33. The summed E-state index contributed by atoms with van der Waals surface area (Å²) in [4.78, 5) is 2.74. The van der Waals surface area contributed by atoms with Gasteiger partial charge in [0.05, 0.1) is 0 Å². The molecule has 92 valence electrons. The summed E-state index contributed by atoms with van der Waals surface area (Å²) in [6.45, 7) is 2.17. The van der Waals surface area contributed by atoms with E-state index in [1.54, 1.807) is 0 Å². The first kappa shape index (κ1) is 11.0. The van der Waals surface area contributed by atoms with E-state index in [0.717, 1.165) is 0 Å². The van der Waals surface area contributed by atoms with E-state index >= 15 is 0 Å². The maximum Gasteiger partial charge on any atom is 0.0351 e. The monoisotopic (exact) mass is 262 g/mol. The molecule has 0 N–H and O–H groups in total. The average Bonchev–Trinajstić information content (AvgIpc) is 3.02. The number of hydrogen-bond donors (Lipinski definition) is 0. The van der Waals surface area contributed by atoms with Gasteiger partial charge in [-0.3, -0.25) is 0 Å². The first-order valence-corrected chi connectivity index (χ1v) is 7.41. The maximum absolute atomic E-state index is 2.35. The Morgan fingerprint density at radius 1 is 1.05 bits per heavy atom. The van der Waals surface area contributed by atoms with Crippen LogP contribution in [0.1, 0.15) is 21.9 Å². The zero-order chi connectivity index (χ0) is 12.8. The van der Waals surface area contributed by atoms with Gasteiger partial charge in [-0.05, 0) is 47.4 Å². The molecule has 0 saturated carbocycles. The van der Waals surface area contributed by atoms with Crippen molar-refractivity contribution in [2.45, 2.75) is 12.8 Å². The molecule has 2 aliphatic rings. The molecule has 0 spiro atoms. The highest BCUT2D eigenvalue weighted by Crippen LogP contribution is 2.44. The van der Waals surface area contributed by atoms with Crippen LogP contribution in [0, 0.1) is 6.92 Å². The molecule has 4 rings (SSSR count). The van der Waals surface area contributed by atoms with Gasteiger partial charge in [0, 0.05) is 15.7 Å².